The maximum absolute atomic E-state index is 12.7. The summed E-state index contributed by atoms with van der Waals surface area (Å²) >= 11 is 6.36. The Hall–Kier alpha value is -2.48. The van der Waals surface area contributed by atoms with E-state index < -0.39 is 5.56 Å². The van der Waals surface area contributed by atoms with Crippen molar-refractivity contribution in [2.75, 3.05) is 5.32 Å². The smallest absolute Gasteiger partial charge is 0.288 e. The highest BCUT2D eigenvalue weighted by Crippen LogP contribution is 2.61. The van der Waals surface area contributed by atoms with Crippen molar-refractivity contribution < 1.29 is 4.79 Å². The number of aryl methyl sites for hydroxylation is 1. The van der Waals surface area contributed by atoms with E-state index in [2.05, 4.69) is 46.5 Å². The SMILES string of the molecule is Cc1cncnc1CNC(=O)Cn1ncc(N[C@@H]2C[C@H]3C[C@@H]([C@H]2C)C3(C)C)c(Cl)c1=O. The number of hydrogen-bond donors (Lipinski definition) is 2. The number of aromatic nitrogens is 4. The van der Waals surface area contributed by atoms with Crippen LogP contribution in [0.2, 0.25) is 5.02 Å². The van der Waals surface area contributed by atoms with Gasteiger partial charge in [-0.15, -0.1) is 0 Å². The molecule has 3 fully saturated rings. The zero-order chi connectivity index (χ0) is 22.3. The van der Waals surface area contributed by atoms with Crippen molar-refractivity contribution in [2.45, 2.75) is 59.7 Å². The predicted molar refractivity (Wildman–Crippen MR) is 119 cm³/mol. The molecule has 1 amide bonds. The van der Waals surface area contributed by atoms with Crippen LogP contribution in [0.4, 0.5) is 5.69 Å². The van der Waals surface area contributed by atoms with Crippen LogP contribution >= 0.6 is 11.6 Å². The third kappa shape index (κ3) is 4.05. The monoisotopic (exact) mass is 444 g/mol. The second-order valence-electron chi connectivity index (χ2n) is 9.47. The Bertz CT molecular complexity index is 1050. The van der Waals surface area contributed by atoms with E-state index in [1.807, 2.05) is 6.92 Å². The van der Waals surface area contributed by atoms with Gasteiger partial charge < -0.3 is 10.6 Å². The molecule has 0 saturated heterocycles. The van der Waals surface area contributed by atoms with Crippen molar-refractivity contribution in [1.82, 2.24) is 25.1 Å². The van der Waals surface area contributed by atoms with E-state index in [-0.39, 0.29) is 30.1 Å². The van der Waals surface area contributed by atoms with Crippen LogP contribution in [0.5, 0.6) is 0 Å². The molecule has 0 unspecified atom stereocenters. The highest BCUT2D eigenvalue weighted by Gasteiger charge is 2.56. The number of anilines is 1. The van der Waals surface area contributed by atoms with Gasteiger partial charge in [0.1, 0.15) is 17.9 Å². The van der Waals surface area contributed by atoms with Gasteiger partial charge in [0.15, 0.2) is 0 Å². The zero-order valence-corrected chi connectivity index (χ0v) is 19.1. The lowest BCUT2D eigenvalue weighted by atomic mass is 9.45. The largest absolute Gasteiger partial charge is 0.379 e. The molecule has 0 aromatic carbocycles. The summed E-state index contributed by atoms with van der Waals surface area (Å²) in [5, 5.41) is 10.4. The van der Waals surface area contributed by atoms with Crippen molar-refractivity contribution in [3.63, 3.8) is 0 Å². The van der Waals surface area contributed by atoms with Crippen LogP contribution in [-0.4, -0.2) is 31.7 Å². The fourth-order valence-electron chi connectivity index (χ4n) is 5.20. The van der Waals surface area contributed by atoms with E-state index in [1.165, 1.54) is 12.7 Å². The second kappa shape index (κ2) is 8.22. The molecule has 2 aromatic heterocycles. The first-order valence-corrected chi connectivity index (χ1v) is 11.1. The third-order valence-corrected chi connectivity index (χ3v) is 7.80. The fraction of sp³-hybridized carbons (Fsp3) is 0.591. The highest BCUT2D eigenvalue weighted by atomic mass is 35.5. The van der Waals surface area contributed by atoms with Crippen LogP contribution < -0.4 is 16.2 Å². The molecule has 2 heterocycles. The van der Waals surface area contributed by atoms with Gasteiger partial charge >= 0.3 is 0 Å². The first-order valence-electron chi connectivity index (χ1n) is 10.7. The Balaban J connectivity index is 1.39. The summed E-state index contributed by atoms with van der Waals surface area (Å²) in [6.45, 7) is 8.90. The summed E-state index contributed by atoms with van der Waals surface area (Å²) in [5.41, 5.74) is 2.06. The number of nitrogens with one attached hydrogen (secondary N) is 2. The van der Waals surface area contributed by atoms with Gasteiger partial charge in [-0.25, -0.2) is 14.6 Å². The number of hydrogen-bond acceptors (Lipinski definition) is 6. The van der Waals surface area contributed by atoms with Gasteiger partial charge in [0.25, 0.3) is 5.56 Å². The molecule has 9 heteroatoms. The number of rotatable bonds is 6. The molecular weight excluding hydrogens is 416 g/mol. The van der Waals surface area contributed by atoms with Crippen molar-refractivity contribution in [3.8, 4) is 0 Å². The number of amides is 1. The summed E-state index contributed by atoms with van der Waals surface area (Å²) in [6.07, 6.45) is 7.01. The molecule has 2 bridgehead atoms. The molecule has 3 aliphatic rings. The van der Waals surface area contributed by atoms with E-state index >= 15 is 0 Å². The fourth-order valence-corrected chi connectivity index (χ4v) is 5.40. The van der Waals surface area contributed by atoms with Gasteiger partial charge in [0, 0.05) is 12.2 Å². The summed E-state index contributed by atoms with van der Waals surface area (Å²) < 4.78 is 1.08. The van der Waals surface area contributed by atoms with Crippen molar-refractivity contribution >= 4 is 23.2 Å². The van der Waals surface area contributed by atoms with Crippen LogP contribution in [0.3, 0.4) is 0 Å². The molecule has 2 N–H and O–H groups in total. The normalized spacial score (nSPS) is 26.1. The quantitative estimate of drug-likeness (QED) is 0.710. The lowest BCUT2D eigenvalue weighted by Gasteiger charge is -2.62. The minimum Gasteiger partial charge on any atom is -0.379 e. The predicted octanol–water partition coefficient (Wildman–Crippen LogP) is 2.79. The Morgan fingerprint density at radius 3 is 2.77 bits per heavy atom. The molecular formula is C22H29ClN6O2. The summed E-state index contributed by atoms with van der Waals surface area (Å²) in [6, 6.07) is 0.269. The van der Waals surface area contributed by atoms with E-state index in [4.69, 9.17) is 11.6 Å². The Morgan fingerprint density at radius 1 is 1.32 bits per heavy atom. The topological polar surface area (TPSA) is 102 Å². The van der Waals surface area contributed by atoms with E-state index in [1.54, 1.807) is 12.4 Å². The van der Waals surface area contributed by atoms with Gasteiger partial charge in [-0.2, -0.15) is 5.10 Å². The number of fused-ring (bicyclic) bond motifs is 2. The summed E-state index contributed by atoms with van der Waals surface area (Å²) in [4.78, 5) is 33.0. The minimum atomic E-state index is -0.478. The molecule has 3 aliphatic carbocycles. The Morgan fingerprint density at radius 2 is 2.10 bits per heavy atom. The van der Waals surface area contributed by atoms with Gasteiger partial charge in [-0.1, -0.05) is 32.4 Å². The molecule has 166 valence electrons. The molecule has 5 rings (SSSR count). The lowest BCUT2D eigenvalue weighted by molar-refractivity contribution is -0.122. The van der Waals surface area contributed by atoms with E-state index in [0.717, 1.165) is 22.4 Å². The van der Waals surface area contributed by atoms with Gasteiger partial charge in [0.05, 0.1) is 24.1 Å². The number of nitrogens with zero attached hydrogens (tertiary/aromatic N) is 4. The van der Waals surface area contributed by atoms with Crippen LogP contribution in [0, 0.1) is 30.1 Å². The van der Waals surface area contributed by atoms with Crippen molar-refractivity contribution in [1.29, 1.82) is 0 Å². The third-order valence-electron chi connectivity index (χ3n) is 7.43. The molecule has 0 spiro atoms. The van der Waals surface area contributed by atoms with Gasteiger partial charge in [0.2, 0.25) is 5.91 Å². The minimum absolute atomic E-state index is 0.0696. The molecule has 4 atom stereocenters. The molecule has 0 aliphatic heterocycles. The molecule has 2 aromatic rings. The second-order valence-corrected chi connectivity index (χ2v) is 9.85. The summed E-state index contributed by atoms with van der Waals surface area (Å²) in [5.74, 6) is 1.53. The van der Waals surface area contributed by atoms with E-state index in [0.29, 0.717) is 28.9 Å². The van der Waals surface area contributed by atoms with Crippen molar-refractivity contribution in [2.24, 2.45) is 23.2 Å². The molecule has 3 saturated carbocycles. The number of carbonyl (C=O) groups is 1. The van der Waals surface area contributed by atoms with Crippen LogP contribution in [-0.2, 0) is 17.9 Å². The highest BCUT2D eigenvalue weighted by molar-refractivity contribution is 6.32. The maximum atomic E-state index is 12.7. The average molecular weight is 445 g/mol. The maximum Gasteiger partial charge on any atom is 0.288 e. The van der Waals surface area contributed by atoms with Gasteiger partial charge in [-0.3, -0.25) is 9.59 Å². The number of halogens is 1. The molecule has 0 radical (unpaired) electrons. The standard InChI is InChI=1S/C22H29ClN6O2/c1-12-7-24-11-26-17(12)8-25-19(30)10-29-21(31)20(23)18(9-27-29)28-16-6-14-5-15(13(16)2)22(14,3)4/h7,9,11,13-16,28H,5-6,8,10H2,1-4H3,(H,25,30)/t13-,14-,15+,16-/m1/s1. The first kappa shape index (κ1) is 21.7. The average Bonchev–Trinajstić information content (AvgIpc) is 2.73. The van der Waals surface area contributed by atoms with Crippen LogP contribution in [0.15, 0.2) is 23.5 Å². The Kier molecular flexibility index (Phi) is 5.77. The van der Waals surface area contributed by atoms with Crippen molar-refractivity contribution in [3.05, 3.63) is 45.4 Å². The molecule has 8 nitrogen and oxygen atoms in total. The Labute approximate surface area is 186 Å². The molecule has 31 heavy (non-hydrogen) atoms. The zero-order valence-electron chi connectivity index (χ0n) is 18.4. The lowest BCUT2D eigenvalue weighted by Crippen LogP contribution is -2.58. The number of carbonyl (C=O) groups excluding carboxylic acids is 1. The first-order chi connectivity index (χ1) is 14.7. The van der Waals surface area contributed by atoms with Gasteiger partial charge in [-0.05, 0) is 48.5 Å². The van der Waals surface area contributed by atoms with E-state index in [9.17, 15) is 9.59 Å². The van der Waals surface area contributed by atoms with Crippen LogP contribution in [0.25, 0.3) is 0 Å². The van der Waals surface area contributed by atoms with Crippen LogP contribution in [0.1, 0.15) is 44.9 Å². The summed E-state index contributed by atoms with van der Waals surface area (Å²) in [7, 11) is 0.